The van der Waals surface area contributed by atoms with E-state index in [0.29, 0.717) is 5.69 Å². The molecule has 1 aliphatic carbocycles. The number of ether oxygens (including phenoxy) is 1. The number of urea groups is 1. The van der Waals surface area contributed by atoms with E-state index in [-0.39, 0.29) is 19.5 Å². The third-order valence-corrected chi connectivity index (χ3v) is 5.18. The van der Waals surface area contributed by atoms with Crippen molar-refractivity contribution in [1.82, 2.24) is 4.90 Å². The number of amides is 2. The summed E-state index contributed by atoms with van der Waals surface area (Å²) in [5.74, 6) is -0.923. The number of hydrogen-bond donors (Lipinski definition) is 1. The lowest BCUT2D eigenvalue weighted by Crippen LogP contribution is -2.41. The third kappa shape index (κ3) is 2.52. The molecule has 1 atom stereocenters. The average molecular weight is 342 g/mol. The van der Waals surface area contributed by atoms with Gasteiger partial charge in [0.1, 0.15) is 0 Å². The molecule has 2 amide bonds. The molecule has 1 saturated heterocycles. The summed E-state index contributed by atoms with van der Waals surface area (Å²) >= 11 is 0. The van der Waals surface area contributed by atoms with E-state index in [0.717, 1.165) is 25.3 Å². The lowest BCUT2D eigenvalue weighted by molar-refractivity contribution is -0.153. The molecule has 130 valence electrons. The first-order valence-corrected chi connectivity index (χ1v) is 8.38. The molecule has 1 aliphatic heterocycles. The van der Waals surface area contributed by atoms with Gasteiger partial charge in [-0.25, -0.2) is 14.0 Å². The van der Waals surface area contributed by atoms with Gasteiger partial charge in [-0.2, -0.15) is 0 Å². The minimum atomic E-state index is -2.12. The van der Waals surface area contributed by atoms with Crippen LogP contribution in [0.1, 0.15) is 17.5 Å². The molecule has 0 radical (unpaired) electrons. The van der Waals surface area contributed by atoms with Crippen LogP contribution in [-0.2, 0) is 22.4 Å². The van der Waals surface area contributed by atoms with Gasteiger partial charge < -0.3 is 15.0 Å². The normalized spacial score (nSPS) is 21.6. The molecule has 2 aromatic carbocycles. The number of benzene rings is 2. The minimum absolute atomic E-state index is 0.0447. The number of carbonyl (C=O) groups excluding carboxylic acids is 2. The van der Waals surface area contributed by atoms with Crippen molar-refractivity contribution in [3.05, 3.63) is 41.5 Å². The van der Waals surface area contributed by atoms with Crippen molar-refractivity contribution in [3.8, 4) is 0 Å². The summed E-state index contributed by atoms with van der Waals surface area (Å²) in [6, 6.07) is 9.61. The molecule has 0 aromatic heterocycles. The number of esters is 1. The zero-order valence-electron chi connectivity index (χ0n) is 14.0. The van der Waals surface area contributed by atoms with E-state index in [2.05, 4.69) is 16.1 Å². The SMILES string of the molecule is COC(=O)[C@]1(F)CCN(C(=O)Nc2ccc3c4c(cccc24)CC3)C1. The van der Waals surface area contributed by atoms with E-state index in [1.54, 1.807) is 0 Å². The monoisotopic (exact) mass is 342 g/mol. The summed E-state index contributed by atoms with van der Waals surface area (Å²) in [7, 11) is 1.15. The van der Waals surface area contributed by atoms with Gasteiger partial charge >= 0.3 is 12.0 Å². The smallest absolute Gasteiger partial charge is 0.345 e. The first kappa shape index (κ1) is 15.9. The van der Waals surface area contributed by atoms with Crippen molar-refractivity contribution in [2.24, 2.45) is 0 Å². The van der Waals surface area contributed by atoms with Crippen LogP contribution in [0.5, 0.6) is 0 Å². The molecule has 25 heavy (non-hydrogen) atoms. The van der Waals surface area contributed by atoms with E-state index in [1.807, 2.05) is 24.3 Å². The van der Waals surface area contributed by atoms with Gasteiger partial charge in [0.2, 0.25) is 5.67 Å². The zero-order valence-corrected chi connectivity index (χ0v) is 14.0. The lowest BCUT2D eigenvalue weighted by Gasteiger charge is -2.20. The van der Waals surface area contributed by atoms with E-state index in [9.17, 15) is 14.0 Å². The largest absolute Gasteiger partial charge is 0.467 e. The van der Waals surface area contributed by atoms with Gasteiger partial charge in [-0.1, -0.05) is 24.3 Å². The highest BCUT2D eigenvalue weighted by atomic mass is 19.1. The molecule has 0 bridgehead atoms. The number of hydrogen-bond acceptors (Lipinski definition) is 3. The Labute approximate surface area is 144 Å². The van der Waals surface area contributed by atoms with E-state index in [1.165, 1.54) is 21.4 Å². The Bertz CT molecular complexity index is 872. The molecule has 1 fully saturated rings. The fourth-order valence-corrected chi connectivity index (χ4v) is 3.85. The van der Waals surface area contributed by atoms with Crippen LogP contribution >= 0.6 is 0 Å². The Morgan fingerprint density at radius 2 is 1.96 bits per heavy atom. The van der Waals surface area contributed by atoms with E-state index < -0.39 is 17.7 Å². The number of halogens is 1. The maximum atomic E-state index is 14.5. The van der Waals surface area contributed by atoms with Crippen LogP contribution < -0.4 is 5.32 Å². The van der Waals surface area contributed by atoms with Crippen LogP contribution in [-0.4, -0.2) is 42.8 Å². The van der Waals surface area contributed by atoms with Gasteiger partial charge in [0, 0.05) is 18.4 Å². The number of nitrogens with one attached hydrogen (secondary N) is 1. The second kappa shape index (κ2) is 5.72. The second-order valence-corrected chi connectivity index (χ2v) is 6.67. The Morgan fingerprint density at radius 1 is 1.20 bits per heavy atom. The molecule has 2 aliphatic rings. The van der Waals surface area contributed by atoms with Crippen LogP contribution in [0.15, 0.2) is 30.3 Å². The molecule has 0 unspecified atom stereocenters. The zero-order chi connectivity index (χ0) is 17.6. The highest BCUT2D eigenvalue weighted by Gasteiger charge is 2.47. The first-order chi connectivity index (χ1) is 12.0. The Hall–Kier alpha value is -2.63. The predicted molar refractivity (Wildman–Crippen MR) is 92.4 cm³/mol. The van der Waals surface area contributed by atoms with Crippen molar-refractivity contribution in [3.63, 3.8) is 0 Å². The minimum Gasteiger partial charge on any atom is -0.467 e. The molecule has 1 heterocycles. The quantitative estimate of drug-likeness (QED) is 0.854. The van der Waals surface area contributed by atoms with Crippen LogP contribution in [0.2, 0.25) is 0 Å². The predicted octanol–water partition coefficient (Wildman–Crippen LogP) is 3.06. The van der Waals surface area contributed by atoms with Crippen molar-refractivity contribution < 1.29 is 18.7 Å². The number of anilines is 1. The number of aryl methyl sites for hydroxylation is 2. The molecule has 0 saturated carbocycles. The molecule has 0 spiro atoms. The Morgan fingerprint density at radius 3 is 2.72 bits per heavy atom. The maximum absolute atomic E-state index is 14.5. The van der Waals surface area contributed by atoms with Gasteiger partial charge in [0.15, 0.2) is 0 Å². The Balaban J connectivity index is 1.57. The Kier molecular flexibility index (Phi) is 3.63. The van der Waals surface area contributed by atoms with Crippen molar-refractivity contribution >= 4 is 28.5 Å². The number of nitrogens with zero attached hydrogens (tertiary/aromatic N) is 1. The van der Waals surface area contributed by atoms with Crippen LogP contribution in [0.25, 0.3) is 10.8 Å². The van der Waals surface area contributed by atoms with Crippen LogP contribution in [0.4, 0.5) is 14.9 Å². The van der Waals surface area contributed by atoms with Gasteiger partial charge in [0.25, 0.3) is 0 Å². The highest BCUT2D eigenvalue weighted by molar-refractivity contribution is 6.04. The topological polar surface area (TPSA) is 58.6 Å². The molecule has 2 aromatic rings. The lowest BCUT2D eigenvalue weighted by atomic mass is 10.0. The summed E-state index contributed by atoms with van der Waals surface area (Å²) in [5.41, 5.74) is 1.17. The summed E-state index contributed by atoms with van der Waals surface area (Å²) < 4.78 is 19.0. The molecular weight excluding hydrogens is 323 g/mol. The summed E-state index contributed by atoms with van der Waals surface area (Å²) in [6.45, 7) is -0.106. The average Bonchev–Trinajstić information content (AvgIpc) is 3.22. The van der Waals surface area contributed by atoms with Gasteiger partial charge in [0.05, 0.1) is 19.3 Å². The molecule has 4 rings (SSSR count). The van der Waals surface area contributed by atoms with Crippen molar-refractivity contribution in [1.29, 1.82) is 0 Å². The number of rotatable bonds is 2. The molecular formula is C19H19FN2O3. The van der Waals surface area contributed by atoms with Gasteiger partial charge in [-0.15, -0.1) is 0 Å². The number of methoxy groups -OCH3 is 1. The fraction of sp³-hybridized carbons (Fsp3) is 0.368. The number of likely N-dealkylation sites (tertiary alicyclic amines) is 1. The standard InChI is InChI=1S/C19H19FN2O3/c1-25-17(23)19(20)9-10-22(11-19)18(24)21-15-8-7-13-6-5-12-3-2-4-14(15)16(12)13/h2-4,7-8H,5-6,9-11H2,1H3,(H,21,24)/t19-/m0/s1. The van der Waals surface area contributed by atoms with E-state index in [4.69, 9.17) is 0 Å². The fourth-order valence-electron chi connectivity index (χ4n) is 3.85. The highest BCUT2D eigenvalue weighted by Crippen LogP contribution is 2.35. The van der Waals surface area contributed by atoms with Crippen LogP contribution in [0.3, 0.4) is 0 Å². The summed E-state index contributed by atoms with van der Waals surface area (Å²) in [5, 5.41) is 5.08. The maximum Gasteiger partial charge on any atom is 0.345 e. The number of alkyl halides is 1. The second-order valence-electron chi connectivity index (χ2n) is 6.67. The molecule has 6 heteroatoms. The number of carbonyl (C=O) groups is 2. The van der Waals surface area contributed by atoms with E-state index >= 15 is 0 Å². The molecule has 1 N–H and O–H groups in total. The first-order valence-electron chi connectivity index (χ1n) is 8.38. The summed E-state index contributed by atoms with van der Waals surface area (Å²) in [4.78, 5) is 25.4. The van der Waals surface area contributed by atoms with Crippen LogP contribution in [0, 0.1) is 0 Å². The van der Waals surface area contributed by atoms with Crippen molar-refractivity contribution in [2.75, 3.05) is 25.5 Å². The van der Waals surface area contributed by atoms with Gasteiger partial charge in [-0.3, -0.25) is 0 Å². The summed E-state index contributed by atoms with van der Waals surface area (Å²) in [6.07, 6.45) is 1.98. The van der Waals surface area contributed by atoms with Gasteiger partial charge in [-0.05, 0) is 35.4 Å². The molecule has 5 nitrogen and oxygen atoms in total. The third-order valence-electron chi connectivity index (χ3n) is 5.18. The van der Waals surface area contributed by atoms with Crippen molar-refractivity contribution in [2.45, 2.75) is 24.9 Å².